The zero-order valence-corrected chi connectivity index (χ0v) is 9.63. The van der Waals surface area contributed by atoms with Gasteiger partial charge in [-0.25, -0.2) is 4.68 Å². The van der Waals surface area contributed by atoms with E-state index in [4.69, 9.17) is 0 Å². The molecule has 0 radical (unpaired) electrons. The SMILES string of the molecule is CCCCc1ccccc1Cn1ccnn1. The third kappa shape index (κ3) is 2.69. The van der Waals surface area contributed by atoms with E-state index in [1.165, 1.54) is 24.0 Å². The van der Waals surface area contributed by atoms with E-state index in [1.54, 1.807) is 6.20 Å². The van der Waals surface area contributed by atoms with Crippen LogP contribution < -0.4 is 0 Å². The summed E-state index contributed by atoms with van der Waals surface area (Å²) in [6.45, 7) is 3.04. The highest BCUT2D eigenvalue weighted by atomic mass is 15.4. The van der Waals surface area contributed by atoms with E-state index in [2.05, 4.69) is 41.5 Å². The van der Waals surface area contributed by atoms with Gasteiger partial charge < -0.3 is 0 Å². The van der Waals surface area contributed by atoms with Gasteiger partial charge in [-0.2, -0.15) is 0 Å². The Bertz CT molecular complexity index is 421. The van der Waals surface area contributed by atoms with Gasteiger partial charge >= 0.3 is 0 Å². The van der Waals surface area contributed by atoms with Crippen molar-refractivity contribution in [1.82, 2.24) is 15.0 Å². The Morgan fingerprint density at radius 2 is 2.00 bits per heavy atom. The number of unbranched alkanes of at least 4 members (excludes halogenated alkanes) is 1. The third-order valence-corrected chi connectivity index (χ3v) is 2.72. The highest BCUT2D eigenvalue weighted by molar-refractivity contribution is 5.27. The van der Waals surface area contributed by atoms with Crippen LogP contribution in [0.3, 0.4) is 0 Å². The van der Waals surface area contributed by atoms with Gasteiger partial charge in [0.1, 0.15) is 0 Å². The van der Waals surface area contributed by atoms with Crippen molar-refractivity contribution in [3.05, 3.63) is 47.8 Å². The summed E-state index contributed by atoms with van der Waals surface area (Å²) in [4.78, 5) is 0. The summed E-state index contributed by atoms with van der Waals surface area (Å²) in [5, 5.41) is 7.82. The van der Waals surface area contributed by atoms with Crippen LogP contribution in [0.4, 0.5) is 0 Å². The van der Waals surface area contributed by atoms with E-state index in [1.807, 2.05) is 10.9 Å². The summed E-state index contributed by atoms with van der Waals surface area (Å²) in [6, 6.07) is 8.58. The molecule has 1 aromatic heterocycles. The molecule has 0 unspecified atom stereocenters. The number of hydrogen-bond donors (Lipinski definition) is 0. The first kappa shape index (κ1) is 10.9. The average molecular weight is 215 g/mol. The molecule has 0 amide bonds. The van der Waals surface area contributed by atoms with Gasteiger partial charge in [0, 0.05) is 6.20 Å². The van der Waals surface area contributed by atoms with Crippen molar-refractivity contribution >= 4 is 0 Å². The number of benzene rings is 1. The summed E-state index contributed by atoms with van der Waals surface area (Å²) >= 11 is 0. The second-order valence-electron chi connectivity index (χ2n) is 3.97. The van der Waals surface area contributed by atoms with Crippen LogP contribution in [0.2, 0.25) is 0 Å². The topological polar surface area (TPSA) is 30.7 Å². The van der Waals surface area contributed by atoms with Gasteiger partial charge in [0.2, 0.25) is 0 Å². The molecule has 0 saturated heterocycles. The molecule has 1 heterocycles. The number of nitrogens with zero attached hydrogens (tertiary/aromatic N) is 3. The van der Waals surface area contributed by atoms with Crippen LogP contribution in [0, 0.1) is 0 Å². The third-order valence-electron chi connectivity index (χ3n) is 2.72. The fourth-order valence-electron chi connectivity index (χ4n) is 1.81. The average Bonchev–Trinajstić information content (AvgIpc) is 2.81. The fraction of sp³-hybridized carbons (Fsp3) is 0.385. The summed E-state index contributed by atoms with van der Waals surface area (Å²) in [7, 11) is 0. The Morgan fingerprint density at radius 1 is 1.19 bits per heavy atom. The van der Waals surface area contributed by atoms with Crippen LogP contribution in [0.15, 0.2) is 36.7 Å². The number of aryl methyl sites for hydroxylation is 1. The normalized spacial score (nSPS) is 10.6. The lowest BCUT2D eigenvalue weighted by molar-refractivity contribution is 0.642. The van der Waals surface area contributed by atoms with E-state index in [-0.39, 0.29) is 0 Å². The molecule has 0 spiro atoms. The van der Waals surface area contributed by atoms with Crippen LogP contribution in [-0.4, -0.2) is 15.0 Å². The molecule has 0 fully saturated rings. The van der Waals surface area contributed by atoms with Gasteiger partial charge in [0.25, 0.3) is 0 Å². The van der Waals surface area contributed by atoms with Crippen molar-refractivity contribution in [2.75, 3.05) is 0 Å². The molecule has 2 rings (SSSR count). The minimum atomic E-state index is 0.819. The minimum absolute atomic E-state index is 0.819. The first-order chi connectivity index (χ1) is 7.90. The summed E-state index contributed by atoms with van der Waals surface area (Å²) in [5.74, 6) is 0. The predicted octanol–water partition coefficient (Wildman–Crippen LogP) is 2.67. The summed E-state index contributed by atoms with van der Waals surface area (Å²) < 4.78 is 1.87. The van der Waals surface area contributed by atoms with Crippen LogP contribution >= 0.6 is 0 Å². The lowest BCUT2D eigenvalue weighted by Crippen LogP contribution is -2.03. The Morgan fingerprint density at radius 3 is 2.69 bits per heavy atom. The van der Waals surface area contributed by atoms with E-state index >= 15 is 0 Å². The van der Waals surface area contributed by atoms with E-state index in [0.717, 1.165) is 13.0 Å². The number of hydrogen-bond acceptors (Lipinski definition) is 2. The Labute approximate surface area is 96.1 Å². The second kappa shape index (κ2) is 5.45. The zero-order valence-electron chi connectivity index (χ0n) is 9.63. The monoisotopic (exact) mass is 215 g/mol. The Balaban J connectivity index is 2.13. The molecule has 2 aromatic rings. The number of aromatic nitrogens is 3. The summed E-state index contributed by atoms with van der Waals surface area (Å²) in [5.41, 5.74) is 2.78. The van der Waals surface area contributed by atoms with E-state index in [0.29, 0.717) is 0 Å². The molecule has 0 saturated carbocycles. The highest BCUT2D eigenvalue weighted by Gasteiger charge is 2.02. The highest BCUT2D eigenvalue weighted by Crippen LogP contribution is 2.13. The van der Waals surface area contributed by atoms with Gasteiger partial charge in [0.15, 0.2) is 0 Å². The zero-order chi connectivity index (χ0) is 11.2. The minimum Gasteiger partial charge on any atom is -0.248 e. The molecule has 3 heteroatoms. The maximum absolute atomic E-state index is 4.00. The Kier molecular flexibility index (Phi) is 3.70. The lowest BCUT2D eigenvalue weighted by Gasteiger charge is -2.08. The van der Waals surface area contributed by atoms with Crippen molar-refractivity contribution in [1.29, 1.82) is 0 Å². The Hall–Kier alpha value is -1.64. The molecule has 0 N–H and O–H groups in total. The van der Waals surface area contributed by atoms with Gasteiger partial charge in [-0.05, 0) is 24.0 Å². The van der Waals surface area contributed by atoms with Gasteiger partial charge in [0.05, 0.1) is 12.7 Å². The van der Waals surface area contributed by atoms with Crippen LogP contribution in [0.5, 0.6) is 0 Å². The molecular weight excluding hydrogens is 198 g/mol. The fourth-order valence-corrected chi connectivity index (χ4v) is 1.81. The summed E-state index contributed by atoms with van der Waals surface area (Å²) in [6.07, 6.45) is 7.25. The molecule has 0 aliphatic heterocycles. The van der Waals surface area contributed by atoms with Crippen LogP contribution in [0.25, 0.3) is 0 Å². The quantitative estimate of drug-likeness (QED) is 0.767. The largest absolute Gasteiger partial charge is 0.248 e. The second-order valence-corrected chi connectivity index (χ2v) is 3.97. The van der Waals surface area contributed by atoms with Gasteiger partial charge in [-0.1, -0.05) is 42.8 Å². The lowest BCUT2D eigenvalue weighted by atomic mass is 10.0. The first-order valence-electron chi connectivity index (χ1n) is 5.81. The van der Waals surface area contributed by atoms with Gasteiger partial charge in [-0.3, -0.25) is 0 Å². The molecule has 0 bridgehead atoms. The van der Waals surface area contributed by atoms with Crippen molar-refractivity contribution in [3.8, 4) is 0 Å². The molecule has 3 nitrogen and oxygen atoms in total. The molecule has 1 aromatic carbocycles. The molecule has 16 heavy (non-hydrogen) atoms. The maximum Gasteiger partial charge on any atom is 0.0693 e. The van der Waals surface area contributed by atoms with Gasteiger partial charge in [-0.15, -0.1) is 5.10 Å². The molecule has 84 valence electrons. The van der Waals surface area contributed by atoms with Crippen molar-refractivity contribution < 1.29 is 0 Å². The number of rotatable bonds is 5. The van der Waals surface area contributed by atoms with E-state index < -0.39 is 0 Å². The predicted molar refractivity (Wildman–Crippen MR) is 64.2 cm³/mol. The first-order valence-corrected chi connectivity index (χ1v) is 5.81. The standard InChI is InChI=1S/C13H17N3/c1-2-3-6-12-7-4-5-8-13(12)11-16-10-9-14-15-16/h4-5,7-10H,2-3,6,11H2,1H3. The van der Waals surface area contributed by atoms with Crippen LogP contribution in [-0.2, 0) is 13.0 Å². The van der Waals surface area contributed by atoms with Crippen LogP contribution in [0.1, 0.15) is 30.9 Å². The van der Waals surface area contributed by atoms with Crippen molar-refractivity contribution in [2.45, 2.75) is 32.7 Å². The van der Waals surface area contributed by atoms with Crippen molar-refractivity contribution in [3.63, 3.8) is 0 Å². The molecular formula is C13H17N3. The molecule has 0 aliphatic carbocycles. The molecule has 0 aliphatic rings. The van der Waals surface area contributed by atoms with E-state index in [9.17, 15) is 0 Å². The molecule has 0 atom stereocenters. The maximum atomic E-state index is 4.00. The van der Waals surface area contributed by atoms with Crippen molar-refractivity contribution in [2.24, 2.45) is 0 Å². The smallest absolute Gasteiger partial charge is 0.0693 e.